The van der Waals surface area contributed by atoms with Crippen LogP contribution >= 0.6 is 0 Å². The summed E-state index contributed by atoms with van der Waals surface area (Å²) >= 11 is 0. The molecule has 7 heteroatoms. The van der Waals surface area contributed by atoms with Gasteiger partial charge in [-0.15, -0.1) is 0 Å². The van der Waals surface area contributed by atoms with Gasteiger partial charge in [-0.1, -0.05) is 18.2 Å². The number of furan rings is 1. The minimum Gasteiger partial charge on any atom is -0.459 e. The molecular formula is C17H18N2O5. The summed E-state index contributed by atoms with van der Waals surface area (Å²) in [5.41, 5.74) is 0.621. The molecule has 2 aromatic rings. The average Bonchev–Trinajstić information content (AvgIpc) is 3.10. The smallest absolute Gasteiger partial charge is 0.308 e. The SMILES string of the molecule is C[C@H](OC(=O)CCNC(=O)c1ccco1)C(=O)Nc1ccccc1. The molecule has 0 aliphatic heterocycles. The standard InChI is InChI=1S/C17H18N2O5/c1-12(16(21)19-13-6-3-2-4-7-13)24-15(20)9-10-18-17(22)14-8-5-11-23-14/h2-8,11-12H,9-10H2,1H3,(H,18,22)(H,19,21)/t12-/m0/s1. The molecule has 0 fully saturated rings. The van der Waals surface area contributed by atoms with Crippen LogP contribution in [0.5, 0.6) is 0 Å². The van der Waals surface area contributed by atoms with Crippen LogP contribution < -0.4 is 10.6 Å². The highest BCUT2D eigenvalue weighted by atomic mass is 16.5. The number of nitrogens with one attached hydrogen (secondary N) is 2. The second kappa shape index (κ2) is 8.52. The van der Waals surface area contributed by atoms with E-state index < -0.39 is 23.9 Å². The number of amides is 2. The van der Waals surface area contributed by atoms with Gasteiger partial charge in [-0.3, -0.25) is 14.4 Å². The quantitative estimate of drug-likeness (QED) is 0.756. The Bertz CT molecular complexity index is 682. The maximum Gasteiger partial charge on any atom is 0.308 e. The van der Waals surface area contributed by atoms with Crippen LogP contribution in [0.1, 0.15) is 23.9 Å². The Kier molecular flexibility index (Phi) is 6.13. The number of anilines is 1. The summed E-state index contributed by atoms with van der Waals surface area (Å²) in [5, 5.41) is 5.17. The van der Waals surface area contributed by atoms with Crippen molar-refractivity contribution in [3.05, 3.63) is 54.5 Å². The molecule has 0 bridgehead atoms. The van der Waals surface area contributed by atoms with Gasteiger partial charge in [-0.25, -0.2) is 0 Å². The van der Waals surface area contributed by atoms with Gasteiger partial charge in [0.05, 0.1) is 12.7 Å². The van der Waals surface area contributed by atoms with Gasteiger partial charge >= 0.3 is 5.97 Å². The van der Waals surface area contributed by atoms with Gasteiger partial charge in [0, 0.05) is 12.2 Å². The molecular weight excluding hydrogens is 312 g/mol. The van der Waals surface area contributed by atoms with Gasteiger partial charge in [0.15, 0.2) is 11.9 Å². The van der Waals surface area contributed by atoms with Crippen LogP contribution in [0.3, 0.4) is 0 Å². The van der Waals surface area contributed by atoms with Crippen molar-refractivity contribution in [2.45, 2.75) is 19.4 Å². The number of benzene rings is 1. The minimum absolute atomic E-state index is 0.0462. The van der Waals surface area contributed by atoms with E-state index in [0.717, 1.165) is 0 Å². The maximum absolute atomic E-state index is 11.9. The van der Waals surface area contributed by atoms with Crippen LogP contribution in [0.2, 0.25) is 0 Å². The molecule has 1 heterocycles. The molecule has 7 nitrogen and oxygen atoms in total. The highest BCUT2D eigenvalue weighted by molar-refractivity contribution is 5.95. The van der Waals surface area contributed by atoms with Crippen molar-refractivity contribution in [2.24, 2.45) is 0 Å². The average molecular weight is 330 g/mol. The fourth-order valence-electron chi connectivity index (χ4n) is 1.85. The molecule has 0 radical (unpaired) electrons. The molecule has 0 unspecified atom stereocenters. The first kappa shape index (κ1) is 17.3. The highest BCUT2D eigenvalue weighted by Crippen LogP contribution is 2.07. The third-order valence-corrected chi connectivity index (χ3v) is 3.08. The van der Waals surface area contributed by atoms with E-state index in [1.807, 2.05) is 6.07 Å². The molecule has 2 N–H and O–H groups in total. The van der Waals surface area contributed by atoms with E-state index in [2.05, 4.69) is 10.6 Å². The van der Waals surface area contributed by atoms with E-state index in [0.29, 0.717) is 5.69 Å². The Hall–Kier alpha value is -3.09. The van der Waals surface area contributed by atoms with Crippen molar-refractivity contribution in [3.8, 4) is 0 Å². The van der Waals surface area contributed by atoms with Crippen LogP contribution in [-0.4, -0.2) is 30.4 Å². The van der Waals surface area contributed by atoms with Crippen LogP contribution in [0.4, 0.5) is 5.69 Å². The summed E-state index contributed by atoms with van der Waals surface area (Å²) in [6, 6.07) is 12.0. The van der Waals surface area contributed by atoms with E-state index >= 15 is 0 Å². The Morgan fingerprint density at radius 2 is 1.88 bits per heavy atom. The number of carbonyl (C=O) groups excluding carboxylic acids is 3. The van der Waals surface area contributed by atoms with Crippen molar-refractivity contribution in [1.29, 1.82) is 0 Å². The molecule has 24 heavy (non-hydrogen) atoms. The Labute approximate surface area is 139 Å². The molecule has 2 rings (SSSR count). The minimum atomic E-state index is -0.932. The maximum atomic E-state index is 11.9. The number of carbonyl (C=O) groups is 3. The lowest BCUT2D eigenvalue weighted by Gasteiger charge is -2.13. The first-order chi connectivity index (χ1) is 11.6. The van der Waals surface area contributed by atoms with Gasteiger partial charge in [0.1, 0.15) is 0 Å². The summed E-state index contributed by atoms with van der Waals surface area (Å²) < 4.78 is 9.96. The number of rotatable bonds is 7. The Morgan fingerprint density at radius 3 is 2.54 bits per heavy atom. The number of hydrogen-bond donors (Lipinski definition) is 2. The third-order valence-electron chi connectivity index (χ3n) is 3.08. The highest BCUT2D eigenvalue weighted by Gasteiger charge is 2.18. The van der Waals surface area contributed by atoms with Crippen molar-refractivity contribution in [1.82, 2.24) is 5.32 Å². The molecule has 0 saturated heterocycles. The van der Waals surface area contributed by atoms with E-state index in [9.17, 15) is 14.4 Å². The van der Waals surface area contributed by atoms with Crippen LogP contribution in [-0.2, 0) is 14.3 Å². The molecule has 0 saturated carbocycles. The fourth-order valence-corrected chi connectivity index (χ4v) is 1.85. The molecule has 0 spiro atoms. The van der Waals surface area contributed by atoms with Crippen LogP contribution in [0, 0.1) is 0 Å². The fraction of sp³-hybridized carbons (Fsp3) is 0.235. The summed E-state index contributed by atoms with van der Waals surface area (Å²) in [5.74, 6) is -1.25. The second-order valence-corrected chi connectivity index (χ2v) is 4.97. The first-order valence-corrected chi connectivity index (χ1v) is 7.43. The Balaban J connectivity index is 1.69. The zero-order valence-corrected chi connectivity index (χ0v) is 13.2. The molecule has 1 atom stereocenters. The number of para-hydroxylation sites is 1. The number of ether oxygens (including phenoxy) is 1. The number of esters is 1. The van der Waals surface area contributed by atoms with Gasteiger partial charge in [-0.2, -0.15) is 0 Å². The van der Waals surface area contributed by atoms with Gasteiger partial charge in [-0.05, 0) is 31.2 Å². The van der Waals surface area contributed by atoms with Gasteiger partial charge in [0.25, 0.3) is 11.8 Å². The lowest BCUT2D eigenvalue weighted by atomic mass is 10.3. The molecule has 0 aliphatic rings. The molecule has 2 amide bonds. The van der Waals surface area contributed by atoms with E-state index in [1.165, 1.54) is 19.3 Å². The third kappa shape index (κ3) is 5.28. The summed E-state index contributed by atoms with van der Waals surface area (Å²) in [6.45, 7) is 1.57. The second-order valence-electron chi connectivity index (χ2n) is 4.97. The predicted octanol–water partition coefficient (Wildman–Crippen LogP) is 1.97. The molecule has 1 aromatic carbocycles. The Morgan fingerprint density at radius 1 is 1.12 bits per heavy atom. The van der Waals surface area contributed by atoms with E-state index in [1.54, 1.807) is 30.3 Å². The largest absolute Gasteiger partial charge is 0.459 e. The van der Waals surface area contributed by atoms with E-state index in [-0.39, 0.29) is 18.7 Å². The van der Waals surface area contributed by atoms with Crippen LogP contribution in [0.15, 0.2) is 53.1 Å². The first-order valence-electron chi connectivity index (χ1n) is 7.43. The zero-order valence-electron chi connectivity index (χ0n) is 13.2. The van der Waals surface area contributed by atoms with Crippen molar-refractivity contribution >= 4 is 23.5 Å². The predicted molar refractivity (Wildman–Crippen MR) is 86.3 cm³/mol. The molecule has 1 aromatic heterocycles. The molecule has 0 aliphatic carbocycles. The molecule has 126 valence electrons. The lowest BCUT2D eigenvalue weighted by Crippen LogP contribution is -2.32. The van der Waals surface area contributed by atoms with Gasteiger partial charge < -0.3 is 19.8 Å². The van der Waals surface area contributed by atoms with Gasteiger partial charge in [0.2, 0.25) is 0 Å². The summed E-state index contributed by atoms with van der Waals surface area (Å²) in [4.78, 5) is 35.2. The lowest BCUT2D eigenvalue weighted by molar-refractivity contribution is -0.153. The normalized spacial score (nSPS) is 11.4. The summed E-state index contributed by atoms with van der Waals surface area (Å²) in [7, 11) is 0. The van der Waals surface area contributed by atoms with Crippen LogP contribution in [0.25, 0.3) is 0 Å². The van der Waals surface area contributed by atoms with Crippen molar-refractivity contribution in [2.75, 3.05) is 11.9 Å². The number of hydrogen-bond acceptors (Lipinski definition) is 5. The zero-order chi connectivity index (χ0) is 17.4. The topological polar surface area (TPSA) is 97.6 Å². The van der Waals surface area contributed by atoms with Crippen molar-refractivity contribution < 1.29 is 23.5 Å². The van der Waals surface area contributed by atoms with Crippen molar-refractivity contribution in [3.63, 3.8) is 0 Å². The summed E-state index contributed by atoms with van der Waals surface area (Å²) in [6.07, 6.45) is 0.407. The van der Waals surface area contributed by atoms with E-state index in [4.69, 9.17) is 9.15 Å². The monoisotopic (exact) mass is 330 g/mol.